The predicted octanol–water partition coefficient (Wildman–Crippen LogP) is 2.32. The number of nitrogens with zero attached hydrogens (tertiary/aromatic N) is 1. The molecule has 0 aromatic heterocycles. The first-order valence-electron chi connectivity index (χ1n) is 8.48. The van der Waals surface area contributed by atoms with Crippen molar-refractivity contribution in [3.8, 4) is 0 Å². The van der Waals surface area contributed by atoms with Crippen LogP contribution in [0.2, 0.25) is 0 Å². The Balaban J connectivity index is 4.19. The summed E-state index contributed by atoms with van der Waals surface area (Å²) >= 11 is 4.52. The largest absolute Gasteiger partial charge is 0.311 e. The number of nitrogens with one attached hydrogen (secondary N) is 3. The molecule has 0 aromatic rings. The topological polar surface area (TPSA) is 39.3 Å². The zero-order chi connectivity index (χ0) is 17.4. The normalized spacial score (nSPS) is 13.9. The van der Waals surface area contributed by atoms with E-state index in [0.29, 0.717) is 0 Å². The molecule has 0 bridgehead atoms. The van der Waals surface area contributed by atoms with Gasteiger partial charge in [-0.25, -0.2) is 0 Å². The average molecular weight is 333 g/mol. The second kappa shape index (κ2) is 9.48. The predicted molar refractivity (Wildman–Crippen MR) is 103 cm³/mol. The Morgan fingerprint density at radius 1 is 0.636 bits per heavy atom. The summed E-state index contributed by atoms with van der Waals surface area (Å²) in [5.41, 5.74) is 0.362. The molecule has 0 saturated heterocycles. The van der Waals surface area contributed by atoms with Crippen molar-refractivity contribution in [2.75, 3.05) is 39.3 Å². The minimum Gasteiger partial charge on any atom is -0.311 e. The van der Waals surface area contributed by atoms with Crippen molar-refractivity contribution in [1.29, 1.82) is 0 Å². The Labute approximate surface area is 144 Å². The Hall–Kier alpha value is 0.190. The molecule has 0 spiro atoms. The van der Waals surface area contributed by atoms with Gasteiger partial charge in [0.2, 0.25) is 0 Å². The van der Waals surface area contributed by atoms with Crippen molar-refractivity contribution in [3.63, 3.8) is 0 Å². The standard InChI is InChI=1S/C17H40N4S/c1-15(2,3)18-9-12-21(13-10-19-16(4,5)6)14-11-20-17(7,8)22/h18-20,22H,9-14H2,1-8H3. The fourth-order valence-corrected chi connectivity index (χ4v) is 2.15. The fraction of sp³-hybridized carbons (Fsp3) is 1.00. The van der Waals surface area contributed by atoms with E-state index in [0.717, 1.165) is 39.3 Å². The summed E-state index contributed by atoms with van der Waals surface area (Å²) in [5, 5.41) is 10.6. The van der Waals surface area contributed by atoms with Crippen LogP contribution in [-0.4, -0.2) is 60.1 Å². The lowest BCUT2D eigenvalue weighted by Gasteiger charge is -2.29. The molecule has 0 rings (SSSR count). The van der Waals surface area contributed by atoms with Gasteiger partial charge in [0.05, 0.1) is 4.87 Å². The van der Waals surface area contributed by atoms with Crippen LogP contribution in [0.5, 0.6) is 0 Å². The summed E-state index contributed by atoms with van der Waals surface area (Å²) in [4.78, 5) is 2.39. The van der Waals surface area contributed by atoms with Crippen molar-refractivity contribution in [1.82, 2.24) is 20.9 Å². The first-order valence-corrected chi connectivity index (χ1v) is 8.93. The minimum atomic E-state index is -0.112. The van der Waals surface area contributed by atoms with Crippen molar-refractivity contribution < 1.29 is 0 Å². The highest BCUT2D eigenvalue weighted by Crippen LogP contribution is 2.05. The van der Waals surface area contributed by atoms with Gasteiger partial charge in [0, 0.05) is 50.3 Å². The van der Waals surface area contributed by atoms with E-state index in [1.165, 1.54) is 0 Å². The molecule has 0 heterocycles. The monoisotopic (exact) mass is 332 g/mol. The Bertz CT molecular complexity index is 239. The molecule has 134 valence electrons. The minimum absolute atomic E-state index is 0.112. The highest BCUT2D eigenvalue weighted by Gasteiger charge is 2.14. The maximum absolute atomic E-state index is 4.52. The van der Waals surface area contributed by atoms with Gasteiger partial charge in [-0.15, -0.1) is 0 Å². The van der Waals surface area contributed by atoms with Crippen molar-refractivity contribution in [3.05, 3.63) is 0 Å². The second-order valence-electron chi connectivity index (χ2n) is 8.68. The SMILES string of the molecule is CC(C)(C)NCCN(CCNC(C)(C)C)CCNC(C)(C)S. The third kappa shape index (κ3) is 16.6. The third-order valence-electron chi connectivity index (χ3n) is 3.15. The summed E-state index contributed by atoms with van der Waals surface area (Å²) in [6, 6.07) is 0. The maximum atomic E-state index is 4.52. The zero-order valence-electron chi connectivity index (χ0n) is 16.1. The molecule has 5 heteroatoms. The van der Waals surface area contributed by atoms with Crippen LogP contribution in [0, 0.1) is 0 Å². The van der Waals surface area contributed by atoms with Gasteiger partial charge in [-0.2, -0.15) is 12.6 Å². The van der Waals surface area contributed by atoms with E-state index in [4.69, 9.17) is 0 Å². The van der Waals surface area contributed by atoms with Crippen LogP contribution in [-0.2, 0) is 0 Å². The van der Waals surface area contributed by atoms with E-state index < -0.39 is 0 Å². The number of rotatable bonds is 10. The Morgan fingerprint density at radius 2 is 0.955 bits per heavy atom. The van der Waals surface area contributed by atoms with E-state index in [1.807, 2.05) is 0 Å². The molecule has 0 atom stereocenters. The van der Waals surface area contributed by atoms with Gasteiger partial charge in [0.25, 0.3) is 0 Å². The van der Waals surface area contributed by atoms with Gasteiger partial charge in [0.15, 0.2) is 0 Å². The molecule has 22 heavy (non-hydrogen) atoms. The van der Waals surface area contributed by atoms with Crippen molar-refractivity contribution >= 4 is 12.6 Å². The van der Waals surface area contributed by atoms with Crippen LogP contribution < -0.4 is 16.0 Å². The number of hydrogen-bond acceptors (Lipinski definition) is 5. The summed E-state index contributed by atoms with van der Waals surface area (Å²) in [6.45, 7) is 23.6. The molecule has 0 aliphatic rings. The molecule has 0 aromatic carbocycles. The van der Waals surface area contributed by atoms with Crippen LogP contribution in [0.3, 0.4) is 0 Å². The van der Waals surface area contributed by atoms with Gasteiger partial charge in [-0.1, -0.05) is 0 Å². The highest BCUT2D eigenvalue weighted by molar-refractivity contribution is 7.81. The molecule has 0 saturated carbocycles. The lowest BCUT2D eigenvalue weighted by Crippen LogP contribution is -2.47. The molecule has 4 nitrogen and oxygen atoms in total. The lowest BCUT2D eigenvalue weighted by molar-refractivity contribution is 0.248. The van der Waals surface area contributed by atoms with Gasteiger partial charge >= 0.3 is 0 Å². The third-order valence-corrected chi connectivity index (χ3v) is 3.31. The molecule has 0 radical (unpaired) electrons. The molecule has 0 aliphatic heterocycles. The molecule has 0 unspecified atom stereocenters. The first kappa shape index (κ1) is 22.2. The van der Waals surface area contributed by atoms with Crippen LogP contribution in [0.25, 0.3) is 0 Å². The van der Waals surface area contributed by atoms with Gasteiger partial charge in [0.1, 0.15) is 0 Å². The van der Waals surface area contributed by atoms with E-state index in [-0.39, 0.29) is 15.9 Å². The molecule has 0 amide bonds. The van der Waals surface area contributed by atoms with Gasteiger partial charge in [-0.05, 0) is 55.4 Å². The van der Waals surface area contributed by atoms with Crippen molar-refractivity contribution in [2.24, 2.45) is 0 Å². The van der Waals surface area contributed by atoms with Crippen molar-refractivity contribution in [2.45, 2.75) is 71.3 Å². The molecule has 3 N–H and O–H groups in total. The smallest absolute Gasteiger partial charge is 0.0558 e. The second-order valence-corrected chi connectivity index (χ2v) is 9.80. The lowest BCUT2D eigenvalue weighted by atomic mass is 10.1. The average Bonchev–Trinajstić information content (AvgIpc) is 2.23. The molecular weight excluding hydrogens is 292 g/mol. The Kier molecular flexibility index (Phi) is 9.56. The first-order chi connectivity index (χ1) is 9.79. The van der Waals surface area contributed by atoms with E-state index in [1.54, 1.807) is 0 Å². The van der Waals surface area contributed by atoms with Crippen LogP contribution in [0.4, 0.5) is 0 Å². The van der Waals surface area contributed by atoms with Gasteiger partial charge < -0.3 is 16.0 Å². The van der Waals surface area contributed by atoms with Crippen LogP contribution in [0.1, 0.15) is 55.4 Å². The van der Waals surface area contributed by atoms with E-state index >= 15 is 0 Å². The molecular formula is C17H40N4S. The maximum Gasteiger partial charge on any atom is 0.0558 e. The summed E-state index contributed by atoms with van der Waals surface area (Å²) in [6.07, 6.45) is 0. The number of hydrogen-bond donors (Lipinski definition) is 4. The van der Waals surface area contributed by atoms with Crippen LogP contribution in [0.15, 0.2) is 0 Å². The Morgan fingerprint density at radius 3 is 1.23 bits per heavy atom. The summed E-state index contributed by atoms with van der Waals surface area (Å²) in [7, 11) is 0. The van der Waals surface area contributed by atoms with E-state index in [9.17, 15) is 0 Å². The van der Waals surface area contributed by atoms with Gasteiger partial charge in [-0.3, -0.25) is 4.90 Å². The summed E-state index contributed by atoms with van der Waals surface area (Å²) in [5.74, 6) is 0. The number of thiol groups is 1. The molecule has 0 fully saturated rings. The molecule has 0 aliphatic carbocycles. The quantitative estimate of drug-likeness (QED) is 0.366. The van der Waals surface area contributed by atoms with Crippen LogP contribution >= 0.6 is 12.6 Å². The zero-order valence-corrected chi connectivity index (χ0v) is 17.0. The highest BCUT2D eigenvalue weighted by atomic mass is 32.1. The fourth-order valence-electron chi connectivity index (χ4n) is 2.03. The van der Waals surface area contributed by atoms with E-state index in [2.05, 4.69) is 88.9 Å². The summed E-state index contributed by atoms with van der Waals surface area (Å²) < 4.78 is 0.